The molecule has 256 valence electrons. The van der Waals surface area contributed by atoms with E-state index in [1.54, 1.807) is 0 Å². The van der Waals surface area contributed by atoms with Gasteiger partial charge in [-0.2, -0.15) is 22.5 Å². The third-order valence-corrected chi connectivity index (χ3v) is 6.51. The SMILES string of the molecule is COc1cc(C(Oc2noc(C(F)(F)Oc3ccc(F)c(C(N)=O)c3F)n2)c2nc(-c3ccc(Cl)c([N+](=O)[O-])c3)no2)ccc1OC(F)F. The van der Waals surface area contributed by atoms with E-state index in [4.69, 9.17) is 31.3 Å². The number of ether oxygens (including phenoxy) is 4. The second-order valence-electron chi connectivity index (χ2n) is 9.27. The van der Waals surface area contributed by atoms with Gasteiger partial charge in [0.15, 0.2) is 23.1 Å². The Kier molecular flexibility index (Phi) is 9.46. The van der Waals surface area contributed by atoms with Gasteiger partial charge >= 0.3 is 24.6 Å². The van der Waals surface area contributed by atoms with Crippen LogP contribution in [0.15, 0.2) is 57.6 Å². The van der Waals surface area contributed by atoms with Crippen molar-refractivity contribution in [3.05, 3.63) is 98.2 Å². The highest BCUT2D eigenvalue weighted by Crippen LogP contribution is 2.38. The summed E-state index contributed by atoms with van der Waals surface area (Å²) in [4.78, 5) is 29.4. The molecule has 2 N–H and O–H groups in total. The topological polar surface area (TPSA) is 201 Å². The van der Waals surface area contributed by atoms with Crippen LogP contribution in [-0.4, -0.2) is 44.8 Å². The molecule has 2 aromatic heterocycles. The molecule has 0 saturated heterocycles. The fourth-order valence-corrected chi connectivity index (χ4v) is 4.24. The zero-order valence-electron chi connectivity index (χ0n) is 23.9. The quantitative estimate of drug-likeness (QED) is 0.0850. The number of carbonyl (C=O) groups is 1. The van der Waals surface area contributed by atoms with E-state index in [0.717, 1.165) is 31.4 Å². The summed E-state index contributed by atoms with van der Waals surface area (Å²) in [5.41, 5.74) is 3.07. The van der Waals surface area contributed by atoms with Crippen molar-refractivity contribution in [1.29, 1.82) is 0 Å². The number of methoxy groups -OCH3 is 1. The number of primary amides is 1. The van der Waals surface area contributed by atoms with Crippen LogP contribution in [0.5, 0.6) is 23.3 Å². The second-order valence-corrected chi connectivity index (χ2v) is 9.67. The first-order valence-corrected chi connectivity index (χ1v) is 13.3. The normalized spacial score (nSPS) is 12.1. The maximum absolute atomic E-state index is 15.0. The second kappa shape index (κ2) is 13.5. The monoisotopic (exact) mass is 716 g/mol. The summed E-state index contributed by atoms with van der Waals surface area (Å²) in [5, 5.41) is 18.2. The number of benzene rings is 3. The molecule has 22 heteroatoms. The Hall–Kier alpha value is -6.12. The first kappa shape index (κ1) is 34.2. The van der Waals surface area contributed by atoms with Crippen LogP contribution in [0.2, 0.25) is 5.02 Å². The van der Waals surface area contributed by atoms with Crippen LogP contribution in [0.4, 0.5) is 32.0 Å². The minimum absolute atomic E-state index is 0.0301. The molecule has 0 radical (unpaired) electrons. The molecule has 0 aliphatic heterocycles. The Morgan fingerprint density at radius 1 is 1.00 bits per heavy atom. The van der Waals surface area contributed by atoms with Crippen LogP contribution in [0.1, 0.15) is 33.8 Å². The molecule has 5 aromatic rings. The Morgan fingerprint density at radius 2 is 1.73 bits per heavy atom. The van der Waals surface area contributed by atoms with E-state index >= 15 is 0 Å². The van der Waals surface area contributed by atoms with Crippen LogP contribution in [0.25, 0.3) is 11.4 Å². The van der Waals surface area contributed by atoms with Crippen LogP contribution in [-0.2, 0) is 6.11 Å². The smallest absolute Gasteiger partial charge is 0.483 e. The third kappa shape index (κ3) is 7.25. The van der Waals surface area contributed by atoms with Gasteiger partial charge in [-0.15, -0.1) is 4.98 Å². The van der Waals surface area contributed by atoms with Gasteiger partial charge in [0.05, 0.1) is 12.0 Å². The molecule has 15 nitrogen and oxygen atoms in total. The maximum atomic E-state index is 15.0. The fraction of sp³-hybridized carbons (Fsp3) is 0.148. The average molecular weight is 717 g/mol. The van der Waals surface area contributed by atoms with Gasteiger partial charge in [0.25, 0.3) is 17.5 Å². The van der Waals surface area contributed by atoms with Gasteiger partial charge in [0.2, 0.25) is 11.9 Å². The fourth-order valence-electron chi connectivity index (χ4n) is 4.05. The van der Waals surface area contributed by atoms with Gasteiger partial charge in [0.1, 0.15) is 16.4 Å². The van der Waals surface area contributed by atoms with Crippen molar-refractivity contribution in [2.45, 2.75) is 18.8 Å². The summed E-state index contributed by atoms with van der Waals surface area (Å²) in [6, 6.07) is 6.83. The van der Waals surface area contributed by atoms with Crippen LogP contribution >= 0.6 is 11.6 Å². The minimum atomic E-state index is -4.61. The Morgan fingerprint density at radius 3 is 2.41 bits per heavy atom. The molecule has 2 heterocycles. The largest absolute Gasteiger partial charge is 0.493 e. The van der Waals surface area contributed by atoms with Gasteiger partial charge in [-0.05, 0) is 41.6 Å². The number of alkyl halides is 4. The van der Waals surface area contributed by atoms with Crippen molar-refractivity contribution in [1.82, 2.24) is 20.3 Å². The molecular weight excluding hydrogens is 702 g/mol. The van der Waals surface area contributed by atoms with Gasteiger partial charge < -0.3 is 33.7 Å². The number of nitro groups is 1. The number of hydrogen-bond acceptors (Lipinski definition) is 13. The van der Waals surface area contributed by atoms with E-state index in [1.807, 2.05) is 0 Å². The number of carbonyl (C=O) groups excluding carboxylic acids is 1. The van der Waals surface area contributed by atoms with Crippen molar-refractivity contribution in [2.75, 3.05) is 7.11 Å². The van der Waals surface area contributed by atoms with Crippen molar-refractivity contribution in [3.8, 4) is 34.6 Å². The van der Waals surface area contributed by atoms with Crippen LogP contribution in [0, 0.1) is 21.7 Å². The number of nitrogens with two attached hydrogens (primary N) is 1. The number of aromatic nitrogens is 4. The van der Waals surface area contributed by atoms with E-state index in [0.29, 0.717) is 12.1 Å². The first-order chi connectivity index (χ1) is 23.2. The molecule has 0 fully saturated rings. The highest BCUT2D eigenvalue weighted by Gasteiger charge is 2.44. The molecule has 0 bridgehead atoms. The number of nitrogens with zero attached hydrogens (tertiary/aromatic N) is 5. The molecule has 1 amide bonds. The van der Waals surface area contributed by atoms with Gasteiger partial charge in [-0.1, -0.05) is 22.8 Å². The highest BCUT2D eigenvalue weighted by atomic mass is 35.5. The van der Waals surface area contributed by atoms with E-state index in [2.05, 4.69) is 34.3 Å². The Labute approximate surface area is 272 Å². The zero-order chi connectivity index (χ0) is 35.6. The standard InChI is InChI=1S/C27H15ClF6N6O9/c1-44-17-9-10(3-6-15(17)45-25(31)32)20(23-36-22(38-48-23)11-2-4-12(28)14(8-11)40(42)43)46-26-37-24(49-39-26)27(33,34)47-16-7-5-13(29)18(19(16)30)21(35)41/h2-9,20,25H,1H3,(H2,35,41). The van der Waals surface area contributed by atoms with Crippen LogP contribution in [0.3, 0.4) is 0 Å². The van der Waals surface area contributed by atoms with Crippen molar-refractivity contribution >= 4 is 23.2 Å². The molecule has 0 aliphatic carbocycles. The molecule has 1 atom stereocenters. The minimum Gasteiger partial charge on any atom is -0.493 e. The molecule has 0 spiro atoms. The predicted octanol–water partition coefficient (Wildman–Crippen LogP) is 5.97. The van der Waals surface area contributed by atoms with E-state index < -0.39 is 81.8 Å². The summed E-state index contributed by atoms with van der Waals surface area (Å²) in [6.07, 6.45) is -6.26. The lowest BCUT2D eigenvalue weighted by Crippen LogP contribution is -2.24. The number of rotatable bonds is 13. The first-order valence-electron chi connectivity index (χ1n) is 12.9. The van der Waals surface area contributed by atoms with E-state index in [9.17, 15) is 41.3 Å². The number of hydrogen-bond donors (Lipinski definition) is 1. The summed E-state index contributed by atoms with van der Waals surface area (Å²) >= 11 is 5.86. The summed E-state index contributed by atoms with van der Waals surface area (Å²) in [5.74, 6) is -9.18. The van der Waals surface area contributed by atoms with Crippen molar-refractivity contribution in [2.24, 2.45) is 5.73 Å². The molecule has 0 saturated carbocycles. The summed E-state index contributed by atoms with van der Waals surface area (Å²) in [7, 11) is 1.12. The lowest BCUT2D eigenvalue weighted by Gasteiger charge is -2.16. The summed E-state index contributed by atoms with van der Waals surface area (Å²) < 4.78 is 113. The van der Waals surface area contributed by atoms with Crippen LogP contribution < -0.4 is 24.7 Å². The maximum Gasteiger partial charge on any atom is 0.483 e. The highest BCUT2D eigenvalue weighted by molar-refractivity contribution is 6.32. The number of halogens is 7. The Bertz CT molecular complexity index is 2050. The zero-order valence-corrected chi connectivity index (χ0v) is 24.7. The van der Waals surface area contributed by atoms with Crippen molar-refractivity contribution < 1.29 is 64.1 Å². The number of nitro benzene ring substituents is 1. The molecule has 1 unspecified atom stereocenters. The molecule has 5 rings (SSSR count). The average Bonchev–Trinajstić information content (AvgIpc) is 3.72. The molecule has 3 aromatic carbocycles. The van der Waals surface area contributed by atoms with Gasteiger partial charge in [-0.25, -0.2) is 8.78 Å². The third-order valence-electron chi connectivity index (χ3n) is 6.19. The molecule has 49 heavy (non-hydrogen) atoms. The summed E-state index contributed by atoms with van der Waals surface area (Å²) in [6.45, 7) is -3.24. The van der Waals surface area contributed by atoms with Crippen molar-refractivity contribution in [3.63, 3.8) is 0 Å². The lowest BCUT2D eigenvalue weighted by atomic mass is 10.1. The van der Waals surface area contributed by atoms with Gasteiger partial charge in [-0.3, -0.25) is 14.9 Å². The van der Waals surface area contributed by atoms with E-state index in [-0.39, 0.29) is 27.7 Å². The molecule has 0 aliphatic rings. The van der Waals surface area contributed by atoms with Gasteiger partial charge in [0, 0.05) is 17.2 Å². The lowest BCUT2D eigenvalue weighted by molar-refractivity contribution is -0.384. The number of amides is 1. The predicted molar refractivity (Wildman–Crippen MR) is 147 cm³/mol. The molecular formula is C27H15ClF6N6O9. The van der Waals surface area contributed by atoms with E-state index in [1.165, 1.54) is 12.1 Å². The Balaban J connectivity index is 1.50.